The van der Waals surface area contributed by atoms with Crippen LogP contribution in [0.1, 0.15) is 0 Å². The average molecular weight is 525 g/mol. The molecule has 1 aliphatic rings. The summed E-state index contributed by atoms with van der Waals surface area (Å²) in [5, 5.41) is 7.98. The monoisotopic (exact) mass is 525 g/mol. The van der Waals surface area contributed by atoms with Gasteiger partial charge in [-0.25, -0.2) is 0 Å². The topological polar surface area (TPSA) is 13.6 Å². The number of hydrogen-bond acceptors (Lipinski definition) is 2. The van der Waals surface area contributed by atoms with E-state index in [2.05, 4.69) is 126 Å². The third-order valence-corrected chi connectivity index (χ3v) is 10.1. The van der Waals surface area contributed by atoms with Gasteiger partial charge in [0.1, 0.15) is 11.5 Å². The molecule has 10 rings (SSSR count). The number of ether oxygens (including phenoxy) is 1. The zero-order valence-corrected chi connectivity index (χ0v) is 22.2. The van der Waals surface area contributed by atoms with Crippen molar-refractivity contribution in [3.63, 3.8) is 0 Å². The molecule has 40 heavy (non-hydrogen) atoms. The molecular weight excluding hydrogens is 505 g/mol. The van der Waals surface area contributed by atoms with E-state index in [4.69, 9.17) is 4.74 Å². The molecule has 3 aromatic heterocycles. The van der Waals surface area contributed by atoms with Crippen LogP contribution in [0.25, 0.3) is 58.3 Å². The molecule has 0 saturated heterocycles. The SMILES string of the molecule is c1ccc2c(c1)Oc1ccccc1B2c1cccc2c1sc1ccc3c4cccc5c6ccccc6n(c54)c3c12. The number of benzene rings is 6. The van der Waals surface area contributed by atoms with Gasteiger partial charge in [0.05, 0.1) is 16.6 Å². The maximum Gasteiger partial charge on any atom is 0.252 e. The second-order valence-electron chi connectivity index (χ2n) is 10.8. The van der Waals surface area contributed by atoms with Crippen LogP contribution in [0.15, 0.2) is 121 Å². The first-order valence-corrected chi connectivity index (χ1v) is 14.6. The van der Waals surface area contributed by atoms with E-state index in [9.17, 15) is 0 Å². The average Bonchev–Trinajstić information content (AvgIpc) is 3.66. The molecule has 0 fully saturated rings. The van der Waals surface area contributed by atoms with E-state index >= 15 is 0 Å². The highest BCUT2D eigenvalue weighted by atomic mass is 32.1. The van der Waals surface area contributed by atoms with Gasteiger partial charge in [0.2, 0.25) is 0 Å². The van der Waals surface area contributed by atoms with Crippen molar-refractivity contribution in [3.8, 4) is 11.5 Å². The van der Waals surface area contributed by atoms with Gasteiger partial charge in [-0.05, 0) is 35.2 Å². The Kier molecular flexibility index (Phi) is 3.92. The van der Waals surface area contributed by atoms with Gasteiger partial charge < -0.3 is 9.14 Å². The minimum atomic E-state index is 0.113. The highest BCUT2D eigenvalue weighted by Gasteiger charge is 2.33. The molecule has 0 amide bonds. The van der Waals surface area contributed by atoms with Gasteiger partial charge in [-0.15, -0.1) is 11.3 Å². The zero-order valence-electron chi connectivity index (χ0n) is 21.4. The molecule has 0 aliphatic carbocycles. The maximum absolute atomic E-state index is 6.36. The predicted octanol–water partition coefficient (Wildman–Crippen LogP) is 7.83. The van der Waals surface area contributed by atoms with Gasteiger partial charge in [-0.3, -0.25) is 0 Å². The molecular formula is C36H20BNOS. The van der Waals surface area contributed by atoms with E-state index < -0.39 is 0 Å². The summed E-state index contributed by atoms with van der Waals surface area (Å²) < 4.78 is 11.6. The number of hydrogen-bond donors (Lipinski definition) is 0. The summed E-state index contributed by atoms with van der Waals surface area (Å²) in [5.74, 6) is 1.89. The minimum absolute atomic E-state index is 0.113. The molecule has 0 unspecified atom stereocenters. The minimum Gasteiger partial charge on any atom is -0.458 e. The van der Waals surface area contributed by atoms with E-state index in [1.165, 1.54) is 74.7 Å². The Hall–Kier alpha value is -4.80. The third kappa shape index (κ3) is 2.51. The van der Waals surface area contributed by atoms with E-state index in [0.717, 1.165) is 11.5 Å². The van der Waals surface area contributed by atoms with Crippen LogP contribution in [0.5, 0.6) is 11.5 Å². The molecule has 6 aromatic carbocycles. The highest BCUT2D eigenvalue weighted by molar-refractivity contribution is 7.28. The number of rotatable bonds is 1. The standard InChI is InChI=1S/C36H20BNOS/c1-4-16-29-21(9-1)22-10-7-11-23-24-19-20-32-33(35(24)38(29)34(22)23)25-12-8-15-28(36(25)40-32)37-26-13-2-5-17-30(26)39-31-18-6-3-14-27(31)37/h1-20H. The summed E-state index contributed by atoms with van der Waals surface area (Å²) in [6.07, 6.45) is 0. The fraction of sp³-hybridized carbons (Fsp3) is 0. The van der Waals surface area contributed by atoms with Gasteiger partial charge in [-0.1, -0.05) is 103 Å². The smallest absolute Gasteiger partial charge is 0.252 e. The normalized spacial score (nSPS) is 13.2. The van der Waals surface area contributed by atoms with Gasteiger partial charge >= 0.3 is 0 Å². The fourth-order valence-electron chi connectivity index (χ4n) is 7.28. The van der Waals surface area contributed by atoms with Crippen molar-refractivity contribution in [2.75, 3.05) is 0 Å². The molecule has 0 saturated carbocycles. The van der Waals surface area contributed by atoms with E-state index in [-0.39, 0.29) is 6.71 Å². The maximum atomic E-state index is 6.36. The number of fused-ring (bicyclic) bond motifs is 12. The Bertz CT molecular complexity index is 2440. The molecule has 4 heteroatoms. The molecule has 9 aromatic rings. The van der Waals surface area contributed by atoms with Crippen LogP contribution in [0.4, 0.5) is 0 Å². The highest BCUT2D eigenvalue weighted by Crippen LogP contribution is 2.45. The van der Waals surface area contributed by atoms with Crippen molar-refractivity contribution in [2.24, 2.45) is 0 Å². The summed E-state index contributed by atoms with van der Waals surface area (Å²) in [5.41, 5.74) is 7.71. The van der Waals surface area contributed by atoms with Gasteiger partial charge in [0.25, 0.3) is 6.71 Å². The van der Waals surface area contributed by atoms with E-state index in [1.807, 2.05) is 11.3 Å². The Balaban J connectivity index is 1.37. The van der Waals surface area contributed by atoms with Gasteiger partial charge in [0.15, 0.2) is 0 Å². The summed E-state index contributed by atoms with van der Waals surface area (Å²) in [6.45, 7) is 0.113. The summed E-state index contributed by atoms with van der Waals surface area (Å²) in [7, 11) is 0. The van der Waals surface area contributed by atoms with Gasteiger partial charge in [0, 0.05) is 41.7 Å². The lowest BCUT2D eigenvalue weighted by atomic mass is 9.36. The first-order valence-electron chi connectivity index (χ1n) is 13.7. The Morgan fingerprint density at radius 2 is 1.10 bits per heavy atom. The van der Waals surface area contributed by atoms with Crippen LogP contribution in [-0.2, 0) is 0 Å². The molecule has 2 nitrogen and oxygen atoms in total. The first kappa shape index (κ1) is 21.1. The summed E-state index contributed by atoms with van der Waals surface area (Å²) in [4.78, 5) is 0. The van der Waals surface area contributed by atoms with Crippen LogP contribution in [0, 0.1) is 0 Å². The Labute approximate surface area is 234 Å². The molecule has 1 aliphatic heterocycles. The van der Waals surface area contributed by atoms with Crippen molar-refractivity contribution >= 4 is 92.7 Å². The van der Waals surface area contributed by atoms with E-state index in [0.29, 0.717) is 0 Å². The quantitative estimate of drug-likeness (QED) is 0.199. The number of aromatic nitrogens is 1. The Morgan fingerprint density at radius 1 is 0.500 bits per heavy atom. The van der Waals surface area contributed by atoms with Crippen LogP contribution in [-0.4, -0.2) is 11.1 Å². The predicted molar refractivity (Wildman–Crippen MR) is 172 cm³/mol. The zero-order chi connectivity index (χ0) is 25.9. The second kappa shape index (κ2) is 7.44. The van der Waals surface area contributed by atoms with Crippen LogP contribution < -0.4 is 21.1 Å². The molecule has 4 heterocycles. The largest absolute Gasteiger partial charge is 0.458 e. The van der Waals surface area contributed by atoms with Crippen LogP contribution in [0.2, 0.25) is 0 Å². The fourth-order valence-corrected chi connectivity index (χ4v) is 8.53. The lowest BCUT2D eigenvalue weighted by Crippen LogP contribution is -2.54. The van der Waals surface area contributed by atoms with Crippen molar-refractivity contribution < 1.29 is 4.74 Å². The Morgan fingerprint density at radius 3 is 1.93 bits per heavy atom. The number of nitrogens with zero attached hydrogens (tertiary/aromatic N) is 1. The van der Waals surface area contributed by atoms with Crippen molar-refractivity contribution in [1.82, 2.24) is 4.40 Å². The number of para-hydroxylation sites is 4. The lowest BCUT2D eigenvalue weighted by Gasteiger charge is -2.26. The lowest BCUT2D eigenvalue weighted by molar-refractivity contribution is 0.487. The van der Waals surface area contributed by atoms with Crippen molar-refractivity contribution in [2.45, 2.75) is 0 Å². The molecule has 0 radical (unpaired) electrons. The summed E-state index contributed by atoms with van der Waals surface area (Å²) >= 11 is 1.92. The van der Waals surface area contributed by atoms with Crippen LogP contribution in [0.3, 0.4) is 0 Å². The van der Waals surface area contributed by atoms with Crippen LogP contribution >= 0.6 is 11.3 Å². The second-order valence-corrected chi connectivity index (χ2v) is 11.9. The van der Waals surface area contributed by atoms with E-state index in [1.54, 1.807) is 0 Å². The molecule has 0 bridgehead atoms. The molecule has 0 atom stereocenters. The molecule has 0 N–H and O–H groups in total. The first-order chi connectivity index (χ1) is 19.9. The van der Waals surface area contributed by atoms with Gasteiger partial charge in [-0.2, -0.15) is 0 Å². The third-order valence-electron chi connectivity index (χ3n) is 8.87. The van der Waals surface area contributed by atoms with Crippen molar-refractivity contribution in [3.05, 3.63) is 121 Å². The molecule has 184 valence electrons. The summed E-state index contributed by atoms with van der Waals surface area (Å²) in [6, 6.07) is 44.2. The van der Waals surface area contributed by atoms with Crippen molar-refractivity contribution in [1.29, 1.82) is 0 Å². The molecule has 0 spiro atoms. The number of thiophene rings is 1.